The molecule has 0 aliphatic heterocycles. The van der Waals surface area contributed by atoms with Crippen LogP contribution in [-0.4, -0.2) is 0 Å². The van der Waals surface area contributed by atoms with Crippen LogP contribution in [0.1, 0.15) is 74.3 Å². The van der Waals surface area contributed by atoms with Gasteiger partial charge in [0, 0.05) is 5.92 Å². The van der Waals surface area contributed by atoms with Crippen molar-refractivity contribution in [3.8, 4) is 11.1 Å². The minimum absolute atomic E-state index is 0.166. The third-order valence-corrected chi connectivity index (χ3v) is 6.23. The van der Waals surface area contributed by atoms with E-state index >= 15 is 0 Å². The number of rotatable bonds is 3. The summed E-state index contributed by atoms with van der Waals surface area (Å²) in [6.45, 7) is 11.6. The van der Waals surface area contributed by atoms with Gasteiger partial charge in [0.2, 0.25) is 0 Å². The Balaban J connectivity index is 1.91. The smallest absolute Gasteiger partial charge is 0.0168 e. The second kappa shape index (κ2) is 6.68. The Hall–Kier alpha value is -2.34. The van der Waals surface area contributed by atoms with E-state index in [1.807, 2.05) is 0 Å². The maximum absolute atomic E-state index is 2.48. The minimum Gasteiger partial charge on any atom is -0.0622 e. The highest BCUT2D eigenvalue weighted by Crippen LogP contribution is 2.52. The summed E-state index contributed by atoms with van der Waals surface area (Å²) < 4.78 is 0. The van der Waals surface area contributed by atoms with E-state index in [1.165, 1.54) is 38.9 Å². The Labute approximate surface area is 164 Å². The largest absolute Gasteiger partial charge is 0.0622 e. The molecule has 1 aliphatic carbocycles. The Morgan fingerprint density at radius 2 is 1.44 bits per heavy atom. The normalized spacial score (nSPS) is 16.7. The van der Waals surface area contributed by atoms with Crippen molar-refractivity contribution in [1.82, 2.24) is 0 Å². The highest BCUT2D eigenvalue weighted by atomic mass is 14.4. The van der Waals surface area contributed by atoms with E-state index in [2.05, 4.69) is 101 Å². The van der Waals surface area contributed by atoms with Gasteiger partial charge in [0.25, 0.3) is 0 Å². The first-order valence-electron chi connectivity index (χ1n) is 10.2. The summed E-state index contributed by atoms with van der Waals surface area (Å²) in [5.74, 6) is 0.875. The third-order valence-electron chi connectivity index (χ3n) is 6.23. The molecule has 0 fully saturated rings. The second-order valence-corrected chi connectivity index (χ2v) is 9.00. The summed E-state index contributed by atoms with van der Waals surface area (Å²) in [7, 11) is 0. The Morgan fingerprint density at radius 1 is 0.815 bits per heavy atom. The molecule has 2 atom stereocenters. The Bertz CT molecular complexity index is 957. The molecule has 4 rings (SSSR count). The van der Waals surface area contributed by atoms with Crippen LogP contribution in [0, 0.1) is 0 Å². The predicted molar refractivity (Wildman–Crippen MR) is 117 cm³/mol. The standard InChI is InChI=1S/C27H30/c1-6-19-12-14-22-23-15-13-21(27(3,4)5)17-25(23)26(24(22)16-19)18(2)20-10-8-7-9-11-20/h7-18,26H,6H2,1-5H3. The average molecular weight is 355 g/mol. The average Bonchev–Trinajstić information content (AvgIpc) is 3.00. The van der Waals surface area contributed by atoms with Crippen LogP contribution < -0.4 is 0 Å². The fourth-order valence-electron chi connectivity index (χ4n) is 4.52. The van der Waals surface area contributed by atoms with Crippen molar-refractivity contribution in [3.63, 3.8) is 0 Å². The molecule has 0 aromatic heterocycles. The molecule has 27 heavy (non-hydrogen) atoms. The summed E-state index contributed by atoms with van der Waals surface area (Å²) in [5.41, 5.74) is 10.3. The van der Waals surface area contributed by atoms with E-state index in [-0.39, 0.29) is 5.41 Å². The van der Waals surface area contributed by atoms with Crippen LogP contribution in [0.3, 0.4) is 0 Å². The van der Waals surface area contributed by atoms with Crippen molar-refractivity contribution in [3.05, 3.63) is 94.5 Å². The Morgan fingerprint density at radius 3 is 2.07 bits per heavy atom. The van der Waals surface area contributed by atoms with E-state index in [1.54, 1.807) is 0 Å². The van der Waals surface area contributed by atoms with E-state index in [9.17, 15) is 0 Å². The highest BCUT2D eigenvalue weighted by molar-refractivity contribution is 5.80. The minimum atomic E-state index is 0.166. The molecule has 0 heterocycles. The van der Waals surface area contributed by atoms with Crippen LogP contribution in [0.25, 0.3) is 11.1 Å². The number of hydrogen-bond donors (Lipinski definition) is 0. The summed E-state index contributed by atoms with van der Waals surface area (Å²) in [5, 5.41) is 0. The molecule has 1 aliphatic rings. The summed E-state index contributed by atoms with van der Waals surface area (Å²) in [6.07, 6.45) is 1.09. The van der Waals surface area contributed by atoms with Gasteiger partial charge >= 0.3 is 0 Å². The first-order valence-corrected chi connectivity index (χ1v) is 10.2. The summed E-state index contributed by atoms with van der Waals surface area (Å²) in [4.78, 5) is 0. The van der Waals surface area contributed by atoms with E-state index in [4.69, 9.17) is 0 Å². The molecule has 3 aromatic rings. The van der Waals surface area contributed by atoms with Gasteiger partial charge in [-0.25, -0.2) is 0 Å². The van der Waals surface area contributed by atoms with Crippen LogP contribution in [0.4, 0.5) is 0 Å². The molecule has 0 heteroatoms. The lowest BCUT2D eigenvalue weighted by Crippen LogP contribution is -2.13. The van der Waals surface area contributed by atoms with Gasteiger partial charge in [-0.1, -0.05) is 101 Å². The maximum Gasteiger partial charge on any atom is 0.0168 e. The van der Waals surface area contributed by atoms with Gasteiger partial charge in [0.1, 0.15) is 0 Å². The van der Waals surface area contributed by atoms with Crippen molar-refractivity contribution in [2.75, 3.05) is 0 Å². The van der Waals surface area contributed by atoms with Gasteiger partial charge < -0.3 is 0 Å². The van der Waals surface area contributed by atoms with Crippen molar-refractivity contribution < 1.29 is 0 Å². The fourth-order valence-corrected chi connectivity index (χ4v) is 4.52. The molecule has 2 unspecified atom stereocenters. The number of benzene rings is 3. The zero-order valence-corrected chi connectivity index (χ0v) is 17.2. The highest BCUT2D eigenvalue weighted by Gasteiger charge is 2.34. The molecule has 0 radical (unpaired) electrons. The van der Waals surface area contributed by atoms with E-state index in [0.717, 1.165) is 6.42 Å². The van der Waals surface area contributed by atoms with Crippen LogP contribution in [0.15, 0.2) is 66.7 Å². The first-order chi connectivity index (χ1) is 12.9. The van der Waals surface area contributed by atoms with Crippen LogP contribution in [0.5, 0.6) is 0 Å². The molecule has 3 aromatic carbocycles. The molecule has 0 amide bonds. The lowest BCUT2D eigenvalue weighted by atomic mass is 9.78. The quantitative estimate of drug-likeness (QED) is 0.458. The first kappa shape index (κ1) is 18.0. The molecule has 0 saturated heterocycles. The Kier molecular flexibility index (Phi) is 4.46. The summed E-state index contributed by atoms with van der Waals surface area (Å²) in [6, 6.07) is 25.3. The van der Waals surface area contributed by atoms with Crippen LogP contribution in [0.2, 0.25) is 0 Å². The predicted octanol–water partition coefficient (Wildman–Crippen LogP) is 7.46. The van der Waals surface area contributed by atoms with Crippen molar-refractivity contribution in [2.45, 2.75) is 58.3 Å². The zero-order valence-electron chi connectivity index (χ0n) is 17.2. The molecular formula is C27H30. The number of aryl methyl sites for hydroxylation is 1. The number of hydrogen-bond acceptors (Lipinski definition) is 0. The van der Waals surface area contributed by atoms with Crippen LogP contribution >= 0.6 is 0 Å². The van der Waals surface area contributed by atoms with Crippen molar-refractivity contribution in [2.24, 2.45) is 0 Å². The van der Waals surface area contributed by atoms with Gasteiger partial charge in [0.15, 0.2) is 0 Å². The molecule has 0 N–H and O–H groups in total. The molecule has 0 bridgehead atoms. The third kappa shape index (κ3) is 3.12. The van der Waals surface area contributed by atoms with E-state index < -0.39 is 0 Å². The van der Waals surface area contributed by atoms with E-state index in [0.29, 0.717) is 11.8 Å². The van der Waals surface area contributed by atoms with Gasteiger partial charge in [-0.15, -0.1) is 0 Å². The summed E-state index contributed by atoms with van der Waals surface area (Å²) >= 11 is 0. The molecule has 0 saturated carbocycles. The van der Waals surface area contributed by atoms with Crippen LogP contribution in [-0.2, 0) is 11.8 Å². The molecule has 0 nitrogen and oxygen atoms in total. The van der Waals surface area contributed by atoms with Crippen molar-refractivity contribution >= 4 is 0 Å². The van der Waals surface area contributed by atoms with Gasteiger partial charge in [-0.3, -0.25) is 0 Å². The maximum atomic E-state index is 2.48. The fraction of sp³-hybridized carbons (Fsp3) is 0.333. The van der Waals surface area contributed by atoms with Gasteiger partial charge in [-0.05, 0) is 56.7 Å². The molecule has 138 valence electrons. The van der Waals surface area contributed by atoms with Gasteiger partial charge in [-0.2, -0.15) is 0 Å². The lowest BCUT2D eigenvalue weighted by molar-refractivity contribution is 0.587. The second-order valence-electron chi connectivity index (χ2n) is 9.00. The molecule has 0 spiro atoms. The zero-order chi connectivity index (χ0) is 19.2. The topological polar surface area (TPSA) is 0 Å². The van der Waals surface area contributed by atoms with Crippen molar-refractivity contribution in [1.29, 1.82) is 0 Å². The van der Waals surface area contributed by atoms with Gasteiger partial charge in [0.05, 0.1) is 0 Å². The number of fused-ring (bicyclic) bond motifs is 3. The monoisotopic (exact) mass is 354 g/mol. The molecular weight excluding hydrogens is 324 g/mol. The SMILES string of the molecule is CCc1ccc2c(c1)C(C(C)c1ccccc1)c1cc(C(C)(C)C)ccc1-2. The lowest BCUT2D eigenvalue weighted by Gasteiger charge is -2.25.